The summed E-state index contributed by atoms with van der Waals surface area (Å²) in [6.07, 6.45) is 0. The van der Waals surface area contributed by atoms with Crippen LogP contribution in [0, 0.1) is 0 Å². The van der Waals surface area contributed by atoms with Crippen molar-refractivity contribution in [3.63, 3.8) is 0 Å². The third-order valence-electron chi connectivity index (χ3n) is 0. The molecule has 0 bridgehead atoms. The molecule has 0 heterocycles. The maximum absolute atomic E-state index is 9.63. The summed E-state index contributed by atoms with van der Waals surface area (Å²) in [4.78, 5) is 9.63. The molecule has 1 atom stereocenters. The summed E-state index contributed by atoms with van der Waals surface area (Å²) in [5.41, 5.74) is 0. The van der Waals surface area contributed by atoms with E-state index in [9.17, 15) is 4.89 Å². The van der Waals surface area contributed by atoms with Crippen LogP contribution in [0.3, 0.4) is 0 Å². The van der Waals surface area contributed by atoms with Gasteiger partial charge in [0.15, 0.2) is 0 Å². The predicted octanol–water partition coefficient (Wildman–Crippen LogP) is -0.165. The van der Waals surface area contributed by atoms with Crippen molar-refractivity contribution in [2.24, 2.45) is 0 Å². The van der Waals surface area contributed by atoms with Crippen molar-refractivity contribution in [3.05, 3.63) is 0 Å². The molecule has 0 saturated carbocycles. The second-order valence-electron chi connectivity index (χ2n) is 0.440. The molecule has 24 valence electrons. The zero-order valence-electron chi connectivity index (χ0n) is 2.26. The van der Waals surface area contributed by atoms with Gasteiger partial charge in [-0.25, -0.2) is 0 Å². The van der Waals surface area contributed by atoms with Crippen molar-refractivity contribution < 1.29 is 23.7 Å². The van der Waals surface area contributed by atoms with E-state index >= 15 is 0 Å². The van der Waals surface area contributed by atoms with E-state index in [0.29, 0.717) is 0 Å². The molecule has 0 radical (unpaired) electrons. The van der Waals surface area contributed by atoms with Gasteiger partial charge in [0.05, 0.1) is 0 Å². The molecule has 0 amide bonds. The number of hydrogen-bond acceptors (Lipinski definition) is 1. The second-order valence-corrected chi connectivity index (χ2v) is 6.86. The van der Waals surface area contributed by atoms with Crippen molar-refractivity contribution in [3.8, 4) is 0 Å². The molecule has 0 fully saturated rings. The van der Waals surface area contributed by atoms with Gasteiger partial charge in [-0.3, -0.25) is 0 Å². The molecule has 1 unspecified atom stereocenters. The first-order chi connectivity index (χ1) is 1.73. The van der Waals surface area contributed by atoms with Crippen LogP contribution in [0.1, 0.15) is 0 Å². The van der Waals surface area contributed by atoms with Crippen LogP contribution in [0.25, 0.3) is 0 Å². The summed E-state index contributed by atoms with van der Waals surface area (Å²) in [6, 6.07) is 0. The number of rotatable bonds is 0. The predicted molar refractivity (Wildman–Crippen MR) is 12.8 cm³/mol. The first-order valence-electron chi connectivity index (χ1n) is 0.812. The van der Waals surface area contributed by atoms with Crippen LogP contribution in [-0.4, -0.2) is 6.66 Å². The zero-order chi connectivity index (χ0) is 3.58. The van der Waals surface area contributed by atoms with Crippen molar-refractivity contribution in [2.45, 2.75) is 0 Å². The van der Waals surface area contributed by atoms with Gasteiger partial charge in [0.1, 0.15) is 0 Å². The topological polar surface area (TPSA) is 23.1 Å². The molecule has 0 N–H and O–H groups in total. The normalized spacial score (nSPS) is 11.0. The Bertz CT molecular complexity index is 31.0. The first-order valence-corrected chi connectivity index (χ1v) is 6.37. The summed E-state index contributed by atoms with van der Waals surface area (Å²) in [5.74, 6) is -0.787. The van der Waals surface area contributed by atoms with E-state index in [2.05, 4.69) is 0 Å². The van der Waals surface area contributed by atoms with Crippen LogP contribution in [-0.2, 0) is 18.8 Å². The maximum atomic E-state index is 9.63. The van der Waals surface area contributed by atoms with Gasteiger partial charge in [0.25, 0.3) is 0 Å². The summed E-state index contributed by atoms with van der Waals surface area (Å²) < 4.78 is 0. The minimum atomic E-state index is -0.787. The number of hydrogen-bond donors (Lipinski definition) is 0. The van der Waals surface area contributed by atoms with E-state index in [1.54, 1.807) is 6.66 Å². The van der Waals surface area contributed by atoms with Crippen LogP contribution in [0.5, 0.6) is 0 Å². The van der Waals surface area contributed by atoms with Crippen molar-refractivity contribution in [1.82, 2.24) is 0 Å². The van der Waals surface area contributed by atoms with Gasteiger partial charge >= 0.3 is 36.1 Å². The van der Waals surface area contributed by atoms with Gasteiger partial charge in [-0.05, 0) is 0 Å². The Morgan fingerprint density at radius 2 is 2.00 bits per heavy atom. The third-order valence-corrected chi connectivity index (χ3v) is 0. The van der Waals surface area contributed by atoms with Gasteiger partial charge in [-0.2, -0.15) is 0 Å². The molecule has 0 aliphatic rings. The molecule has 3 heteroatoms. The molecule has 0 rings (SSSR count). The third kappa shape index (κ3) is 12.4. The van der Waals surface area contributed by atoms with Crippen molar-refractivity contribution >= 4 is 5.78 Å². The van der Waals surface area contributed by atoms with Crippen molar-refractivity contribution in [1.29, 1.82) is 0 Å². The van der Waals surface area contributed by atoms with Crippen LogP contribution >= 0.6 is 5.78 Å². The Morgan fingerprint density at radius 3 is 2.00 bits per heavy atom. The molecule has 0 aromatic heterocycles. The van der Waals surface area contributed by atoms with Crippen LogP contribution in [0.15, 0.2) is 0 Å². The zero-order valence-corrected chi connectivity index (χ0v) is 6.09. The Morgan fingerprint density at radius 1 is 2.00 bits per heavy atom. The quantitative estimate of drug-likeness (QED) is 0.544. The Labute approximate surface area is 36.6 Å². The van der Waals surface area contributed by atoms with Gasteiger partial charge < -0.3 is 0 Å². The van der Waals surface area contributed by atoms with Gasteiger partial charge in [-0.1, -0.05) is 0 Å². The fourth-order valence-electron chi connectivity index (χ4n) is 0. The fourth-order valence-corrected chi connectivity index (χ4v) is 0. The molecule has 0 aromatic carbocycles. The summed E-state index contributed by atoms with van der Waals surface area (Å²) in [7, 11) is 0. The van der Waals surface area contributed by atoms with Crippen LogP contribution in [0.4, 0.5) is 0 Å². The molecule has 0 spiro atoms. The van der Waals surface area contributed by atoms with E-state index < -0.39 is 5.78 Å². The monoisotopic (exact) mass is 246 g/mol. The second kappa shape index (κ2) is 2.20. The standard InChI is InChI=1S/CH3OP.W/c1-3-2;/h1H3;. The average molecular weight is 246 g/mol. The summed E-state index contributed by atoms with van der Waals surface area (Å²) >= 11 is 1.19. The van der Waals surface area contributed by atoms with E-state index in [0.717, 1.165) is 0 Å². The molecular formula is CH3OPW. The SMILES string of the molecule is C[P+]([O-])=[W]. The molecule has 1 nitrogen and oxygen atoms in total. The van der Waals surface area contributed by atoms with Gasteiger partial charge in [-0.15, -0.1) is 0 Å². The molecule has 4 heavy (non-hydrogen) atoms. The molecule has 0 aromatic rings. The van der Waals surface area contributed by atoms with E-state index in [-0.39, 0.29) is 0 Å². The van der Waals surface area contributed by atoms with Crippen molar-refractivity contribution in [2.75, 3.05) is 6.66 Å². The summed E-state index contributed by atoms with van der Waals surface area (Å²) in [5, 5.41) is 0. The van der Waals surface area contributed by atoms with E-state index in [1.807, 2.05) is 0 Å². The minimum absolute atomic E-state index is 0.787. The first kappa shape index (κ1) is 4.95. The Kier molecular flexibility index (Phi) is 2.72. The van der Waals surface area contributed by atoms with Gasteiger partial charge in [0, 0.05) is 0 Å². The Hall–Kier alpha value is 0.948. The molecular weight excluding hydrogens is 243 g/mol. The van der Waals surface area contributed by atoms with Crippen LogP contribution < -0.4 is 4.89 Å². The Balaban J connectivity index is 2.80. The molecule has 0 aliphatic heterocycles. The van der Waals surface area contributed by atoms with E-state index in [1.165, 1.54) is 18.8 Å². The summed E-state index contributed by atoms with van der Waals surface area (Å²) in [6.45, 7) is 1.71. The van der Waals surface area contributed by atoms with Crippen LogP contribution in [0.2, 0.25) is 0 Å². The fraction of sp³-hybridized carbons (Fsp3) is 1.00. The van der Waals surface area contributed by atoms with Gasteiger partial charge in [0.2, 0.25) is 0 Å². The molecule has 0 aliphatic carbocycles. The average Bonchev–Trinajstić information content (AvgIpc) is 0.811. The van der Waals surface area contributed by atoms with E-state index in [4.69, 9.17) is 0 Å². The molecule has 0 saturated heterocycles.